The fourth-order valence-corrected chi connectivity index (χ4v) is 10.9. The van der Waals surface area contributed by atoms with E-state index in [2.05, 4.69) is 32.6 Å². The summed E-state index contributed by atoms with van der Waals surface area (Å²) < 4.78 is 18.9. The van der Waals surface area contributed by atoms with Crippen molar-refractivity contribution in [2.45, 2.75) is 116 Å². The van der Waals surface area contributed by atoms with Gasteiger partial charge in [-0.2, -0.15) is 0 Å². The van der Waals surface area contributed by atoms with Gasteiger partial charge in [-0.05, 0) is 74.5 Å². The third-order valence-corrected chi connectivity index (χ3v) is 11.8. The number of carbonyl (C=O) groups excluding carboxylic acids is 2. The first-order valence-corrected chi connectivity index (χ1v) is 14.2. The molecule has 2 bridgehead atoms. The van der Waals surface area contributed by atoms with Crippen molar-refractivity contribution in [2.75, 3.05) is 13.7 Å². The molecule has 1 spiro atoms. The van der Waals surface area contributed by atoms with Gasteiger partial charge < -0.3 is 14.2 Å². The summed E-state index contributed by atoms with van der Waals surface area (Å²) in [5, 5.41) is 0. The second kappa shape index (κ2) is 7.69. The first kappa shape index (κ1) is 24.2. The Bertz CT molecular complexity index is 919. The van der Waals surface area contributed by atoms with Crippen LogP contribution in [0.5, 0.6) is 0 Å². The molecule has 6 aliphatic rings. The van der Waals surface area contributed by atoms with Crippen LogP contribution < -0.4 is 0 Å². The van der Waals surface area contributed by atoms with Crippen LogP contribution in [-0.4, -0.2) is 54.5 Å². The van der Waals surface area contributed by atoms with Crippen molar-refractivity contribution >= 4 is 11.9 Å². The van der Waals surface area contributed by atoms with E-state index in [1.165, 1.54) is 26.4 Å². The van der Waals surface area contributed by atoms with Gasteiger partial charge in [-0.15, -0.1) is 0 Å². The summed E-state index contributed by atoms with van der Waals surface area (Å²) in [6, 6.07) is 0.301. The highest BCUT2D eigenvalue weighted by Gasteiger charge is 2.81. The Morgan fingerprint density at radius 1 is 1.09 bits per heavy atom. The summed E-state index contributed by atoms with van der Waals surface area (Å²) in [6.45, 7) is 12.6. The van der Waals surface area contributed by atoms with Crippen molar-refractivity contribution in [3.63, 3.8) is 0 Å². The molecule has 6 fully saturated rings. The molecular formula is C29H45NO5. The third-order valence-electron chi connectivity index (χ3n) is 11.8. The number of hydrogen-bond donors (Lipinski definition) is 0. The zero-order valence-electron chi connectivity index (χ0n) is 22.6. The van der Waals surface area contributed by atoms with E-state index in [1.807, 2.05) is 6.92 Å². The minimum atomic E-state index is -0.349. The predicted molar refractivity (Wildman–Crippen MR) is 131 cm³/mol. The number of carbonyl (C=O) groups is 2. The molecule has 0 N–H and O–H groups in total. The smallest absolute Gasteiger partial charge is 0.309 e. The Kier molecular flexibility index (Phi) is 5.32. The van der Waals surface area contributed by atoms with Gasteiger partial charge >= 0.3 is 11.9 Å². The fourth-order valence-electron chi connectivity index (χ4n) is 10.9. The van der Waals surface area contributed by atoms with E-state index in [1.54, 1.807) is 0 Å². The first-order valence-electron chi connectivity index (χ1n) is 14.2. The van der Waals surface area contributed by atoms with Crippen LogP contribution >= 0.6 is 0 Å². The Labute approximate surface area is 210 Å². The summed E-state index contributed by atoms with van der Waals surface area (Å²) in [5.41, 5.74) is -0.157. The van der Waals surface area contributed by atoms with Crippen LogP contribution in [0.4, 0.5) is 0 Å². The second-order valence-electron chi connectivity index (χ2n) is 14.0. The average Bonchev–Trinajstić information content (AvgIpc) is 3.36. The molecule has 196 valence electrons. The number of hydrogen-bond acceptors (Lipinski definition) is 6. The fraction of sp³-hybridized carbons (Fsp3) is 0.931. The lowest BCUT2D eigenvalue weighted by Crippen LogP contribution is -2.69. The van der Waals surface area contributed by atoms with E-state index in [9.17, 15) is 9.59 Å². The van der Waals surface area contributed by atoms with E-state index < -0.39 is 0 Å². The Morgan fingerprint density at radius 2 is 1.86 bits per heavy atom. The van der Waals surface area contributed by atoms with Crippen LogP contribution in [0, 0.1) is 39.9 Å². The van der Waals surface area contributed by atoms with Crippen molar-refractivity contribution in [1.82, 2.24) is 4.90 Å². The normalized spacial score (nSPS) is 51.3. The minimum absolute atomic E-state index is 0.0732. The highest BCUT2D eigenvalue weighted by Crippen LogP contribution is 2.76. The molecule has 0 aromatic carbocycles. The highest BCUT2D eigenvalue weighted by atomic mass is 16.6. The zero-order chi connectivity index (χ0) is 25.0. The SMILES string of the molecule is CCCC(=O)O[C@@H]1C[C@H]2C(C)(C)CCC[C@]2(C)C2CC[C@@H](C(=O)OC)[C@H]3C4CC5(C)CN4C(O5)[C@@]231. The summed E-state index contributed by atoms with van der Waals surface area (Å²) in [4.78, 5) is 29.0. The molecule has 3 saturated heterocycles. The molecule has 3 aliphatic carbocycles. The lowest BCUT2D eigenvalue weighted by molar-refractivity contribution is -0.268. The highest BCUT2D eigenvalue weighted by molar-refractivity contribution is 5.74. The van der Waals surface area contributed by atoms with Gasteiger partial charge in [0.25, 0.3) is 0 Å². The van der Waals surface area contributed by atoms with E-state index in [0.29, 0.717) is 24.3 Å². The van der Waals surface area contributed by atoms with Gasteiger partial charge in [-0.3, -0.25) is 14.5 Å². The molecule has 3 heterocycles. The van der Waals surface area contributed by atoms with Crippen LogP contribution in [0.1, 0.15) is 92.4 Å². The van der Waals surface area contributed by atoms with Gasteiger partial charge in [0.1, 0.15) is 12.3 Å². The summed E-state index contributed by atoms with van der Waals surface area (Å²) in [5.74, 6) is 0.662. The van der Waals surface area contributed by atoms with E-state index in [4.69, 9.17) is 14.2 Å². The molecule has 3 aliphatic heterocycles. The van der Waals surface area contributed by atoms with Gasteiger partial charge in [0.15, 0.2) is 0 Å². The van der Waals surface area contributed by atoms with Crippen molar-refractivity contribution < 1.29 is 23.8 Å². The predicted octanol–water partition coefficient (Wildman–Crippen LogP) is 4.94. The molecule has 6 rings (SSSR count). The average molecular weight is 488 g/mol. The summed E-state index contributed by atoms with van der Waals surface area (Å²) in [7, 11) is 1.53. The van der Waals surface area contributed by atoms with E-state index in [-0.39, 0.29) is 58.0 Å². The number of fused-ring (bicyclic) bond motifs is 4. The molecule has 10 atom stereocenters. The van der Waals surface area contributed by atoms with E-state index in [0.717, 1.165) is 38.6 Å². The number of ether oxygens (including phenoxy) is 3. The minimum Gasteiger partial charge on any atom is -0.469 e. The molecule has 6 heteroatoms. The van der Waals surface area contributed by atoms with Crippen LogP contribution in [-0.2, 0) is 23.8 Å². The molecule has 0 aromatic heterocycles. The van der Waals surface area contributed by atoms with Crippen LogP contribution in [0.15, 0.2) is 0 Å². The maximum atomic E-state index is 13.3. The monoisotopic (exact) mass is 487 g/mol. The maximum absolute atomic E-state index is 13.3. The van der Waals surface area contributed by atoms with Gasteiger partial charge in [0.05, 0.1) is 24.0 Å². The molecule has 3 saturated carbocycles. The number of esters is 2. The maximum Gasteiger partial charge on any atom is 0.309 e. The topological polar surface area (TPSA) is 65.1 Å². The molecule has 4 unspecified atom stereocenters. The summed E-state index contributed by atoms with van der Waals surface area (Å²) >= 11 is 0. The molecule has 6 nitrogen and oxygen atoms in total. The lowest BCUT2D eigenvalue weighted by Gasteiger charge is -2.68. The number of nitrogens with zero attached hydrogens (tertiary/aromatic N) is 1. The van der Waals surface area contributed by atoms with Gasteiger partial charge in [-0.25, -0.2) is 0 Å². The molecular weight excluding hydrogens is 442 g/mol. The molecule has 0 aromatic rings. The van der Waals surface area contributed by atoms with Crippen LogP contribution in [0.3, 0.4) is 0 Å². The first-order chi connectivity index (χ1) is 16.5. The quantitative estimate of drug-likeness (QED) is 0.524. The van der Waals surface area contributed by atoms with Crippen molar-refractivity contribution in [3.8, 4) is 0 Å². The summed E-state index contributed by atoms with van der Waals surface area (Å²) in [6.07, 6.45) is 8.33. The lowest BCUT2D eigenvalue weighted by atomic mass is 9.37. The number of methoxy groups -OCH3 is 1. The van der Waals surface area contributed by atoms with Gasteiger partial charge in [0.2, 0.25) is 0 Å². The molecule has 0 amide bonds. The van der Waals surface area contributed by atoms with Crippen molar-refractivity contribution in [1.29, 1.82) is 0 Å². The van der Waals surface area contributed by atoms with Crippen molar-refractivity contribution in [3.05, 3.63) is 0 Å². The Hall–Kier alpha value is -1.14. The Morgan fingerprint density at radius 3 is 2.54 bits per heavy atom. The zero-order valence-corrected chi connectivity index (χ0v) is 22.6. The van der Waals surface area contributed by atoms with Gasteiger partial charge in [-0.1, -0.05) is 34.1 Å². The molecule has 35 heavy (non-hydrogen) atoms. The molecule has 0 radical (unpaired) electrons. The second-order valence-corrected chi connectivity index (χ2v) is 14.0. The van der Waals surface area contributed by atoms with Crippen molar-refractivity contribution in [2.24, 2.45) is 39.9 Å². The number of rotatable bonds is 4. The Balaban J connectivity index is 1.54. The standard InChI is InChI=1S/C29H45NO5/c1-7-9-22(31)34-21-14-20-26(2,3)12-8-13-28(20,5)19-11-10-17(24(32)33-6)23-18-15-27(4)16-30(18)25(35-27)29(19,21)23/h17-21,23,25H,7-16H2,1-6H3/t17-,18?,19?,20+,21-,23+,25?,27?,28-,29-/m1/s1. The third kappa shape index (κ3) is 3.02. The largest absolute Gasteiger partial charge is 0.469 e. The van der Waals surface area contributed by atoms with Crippen LogP contribution in [0.25, 0.3) is 0 Å². The van der Waals surface area contributed by atoms with Crippen LogP contribution in [0.2, 0.25) is 0 Å². The van der Waals surface area contributed by atoms with E-state index >= 15 is 0 Å². The van der Waals surface area contributed by atoms with Gasteiger partial charge in [0, 0.05) is 24.9 Å².